The first-order valence-corrected chi connectivity index (χ1v) is 9.40. The number of hydrogen-bond acceptors (Lipinski definition) is 4. The molecule has 4 nitrogen and oxygen atoms in total. The van der Waals surface area contributed by atoms with E-state index in [1.807, 2.05) is 24.3 Å². The summed E-state index contributed by atoms with van der Waals surface area (Å²) in [6.45, 7) is 4.95. The number of hydrogen-bond donors (Lipinski definition) is 1. The van der Waals surface area contributed by atoms with Gasteiger partial charge in [-0.2, -0.15) is 0 Å². The lowest BCUT2D eigenvalue weighted by Gasteiger charge is -2.11. The lowest BCUT2D eigenvalue weighted by Crippen LogP contribution is -2.21. The van der Waals surface area contributed by atoms with Gasteiger partial charge in [0.25, 0.3) is 0 Å². The minimum atomic E-state index is -3.12. The molecule has 0 bridgehead atoms. The Kier molecular flexibility index (Phi) is 5.42. The fourth-order valence-corrected chi connectivity index (χ4v) is 2.88. The molecule has 2 rings (SSSR count). The van der Waals surface area contributed by atoms with Crippen molar-refractivity contribution in [1.29, 1.82) is 0 Å². The second-order valence-corrected chi connectivity index (χ2v) is 7.52. The fraction of sp³-hybridized carbons (Fsp3) is 0.412. The molecule has 1 atom stereocenters. The molecule has 5 heteroatoms. The summed E-state index contributed by atoms with van der Waals surface area (Å²) in [6.07, 6.45) is 2.97. The molecule has 1 heterocycles. The van der Waals surface area contributed by atoms with Crippen LogP contribution in [0.3, 0.4) is 0 Å². The van der Waals surface area contributed by atoms with Crippen LogP contribution in [0.4, 0.5) is 0 Å². The quantitative estimate of drug-likeness (QED) is 0.851. The third kappa shape index (κ3) is 4.45. The molecule has 1 aromatic heterocycles. The van der Waals surface area contributed by atoms with Gasteiger partial charge in [0.15, 0.2) is 9.84 Å². The molecule has 0 aliphatic carbocycles. The highest BCUT2D eigenvalue weighted by Crippen LogP contribution is 2.16. The Balaban J connectivity index is 1.85. The maximum atomic E-state index is 11.4. The van der Waals surface area contributed by atoms with Crippen LogP contribution in [0.25, 0.3) is 0 Å². The average Bonchev–Trinajstić information content (AvgIpc) is 2.96. The Morgan fingerprint density at radius 1 is 1.14 bits per heavy atom. The molecule has 0 saturated carbocycles. The van der Waals surface area contributed by atoms with E-state index >= 15 is 0 Å². The molecule has 0 radical (unpaired) electrons. The standard InChI is InChI=1S/C17H23NO3S/c1-4-15-7-10-17(21-15)13(2)18-12-11-14-5-8-16(9-6-14)22(3,19)20/h5-10,13,18H,4,11-12H2,1-3H3. The van der Waals surface area contributed by atoms with Gasteiger partial charge >= 0.3 is 0 Å². The molecule has 1 aromatic carbocycles. The van der Waals surface area contributed by atoms with Crippen molar-refractivity contribution < 1.29 is 12.8 Å². The highest BCUT2D eigenvalue weighted by atomic mass is 32.2. The summed E-state index contributed by atoms with van der Waals surface area (Å²) in [7, 11) is -3.12. The van der Waals surface area contributed by atoms with Crippen LogP contribution in [0.5, 0.6) is 0 Å². The Labute approximate surface area is 132 Å². The predicted octanol–water partition coefficient (Wildman–Crippen LogP) is 3.14. The molecule has 0 fully saturated rings. The maximum absolute atomic E-state index is 11.4. The first-order valence-electron chi connectivity index (χ1n) is 7.51. The van der Waals surface area contributed by atoms with Crippen LogP contribution in [0, 0.1) is 0 Å². The SMILES string of the molecule is CCc1ccc(C(C)NCCc2ccc(S(C)(=O)=O)cc2)o1. The van der Waals surface area contributed by atoms with Crippen LogP contribution in [-0.4, -0.2) is 21.2 Å². The van der Waals surface area contributed by atoms with Gasteiger partial charge in [0.2, 0.25) is 0 Å². The van der Waals surface area contributed by atoms with Crippen molar-refractivity contribution in [3.8, 4) is 0 Å². The van der Waals surface area contributed by atoms with E-state index in [0.29, 0.717) is 4.90 Å². The molecule has 120 valence electrons. The number of furan rings is 1. The number of rotatable bonds is 7. The van der Waals surface area contributed by atoms with Crippen LogP contribution < -0.4 is 5.32 Å². The Hall–Kier alpha value is -1.59. The second kappa shape index (κ2) is 7.11. The van der Waals surface area contributed by atoms with Gasteiger partial charge in [0, 0.05) is 12.7 Å². The Morgan fingerprint density at radius 3 is 2.36 bits per heavy atom. The lowest BCUT2D eigenvalue weighted by atomic mass is 10.1. The summed E-state index contributed by atoms with van der Waals surface area (Å²) in [6, 6.07) is 11.2. The van der Waals surface area contributed by atoms with Gasteiger partial charge in [-0.05, 0) is 49.7 Å². The van der Waals surface area contributed by atoms with E-state index in [4.69, 9.17) is 4.42 Å². The zero-order valence-electron chi connectivity index (χ0n) is 13.3. The van der Waals surface area contributed by atoms with Gasteiger partial charge in [-0.15, -0.1) is 0 Å². The monoisotopic (exact) mass is 321 g/mol. The van der Waals surface area contributed by atoms with E-state index in [0.717, 1.165) is 36.5 Å². The van der Waals surface area contributed by atoms with Crippen LogP contribution in [0.15, 0.2) is 45.7 Å². The molecule has 0 saturated heterocycles. The van der Waals surface area contributed by atoms with Crippen molar-refractivity contribution in [1.82, 2.24) is 5.32 Å². The molecule has 22 heavy (non-hydrogen) atoms. The van der Waals surface area contributed by atoms with E-state index in [9.17, 15) is 8.42 Å². The molecular formula is C17H23NO3S. The van der Waals surface area contributed by atoms with Crippen molar-refractivity contribution in [2.45, 2.75) is 37.6 Å². The molecule has 0 aliphatic rings. The summed E-state index contributed by atoms with van der Waals surface area (Å²) in [4.78, 5) is 0.361. The first kappa shape index (κ1) is 16.8. The number of sulfone groups is 1. The van der Waals surface area contributed by atoms with E-state index in [1.54, 1.807) is 12.1 Å². The molecule has 1 N–H and O–H groups in total. The Bertz CT molecular complexity index is 702. The molecule has 0 amide bonds. The van der Waals surface area contributed by atoms with Crippen LogP contribution in [0.1, 0.15) is 37.0 Å². The van der Waals surface area contributed by atoms with Gasteiger partial charge in [0.05, 0.1) is 10.9 Å². The number of nitrogens with one attached hydrogen (secondary N) is 1. The zero-order valence-corrected chi connectivity index (χ0v) is 14.1. The van der Waals surface area contributed by atoms with E-state index < -0.39 is 9.84 Å². The van der Waals surface area contributed by atoms with Gasteiger partial charge < -0.3 is 9.73 Å². The van der Waals surface area contributed by atoms with Crippen molar-refractivity contribution in [2.75, 3.05) is 12.8 Å². The summed E-state index contributed by atoms with van der Waals surface area (Å²) in [5.74, 6) is 1.95. The van der Waals surface area contributed by atoms with Gasteiger partial charge in [0.1, 0.15) is 11.5 Å². The summed E-state index contributed by atoms with van der Waals surface area (Å²) in [5.41, 5.74) is 1.11. The number of benzene rings is 1. The summed E-state index contributed by atoms with van der Waals surface area (Å²) >= 11 is 0. The molecule has 0 aliphatic heterocycles. The highest BCUT2D eigenvalue weighted by molar-refractivity contribution is 7.90. The number of aryl methyl sites for hydroxylation is 1. The van der Waals surface area contributed by atoms with Gasteiger partial charge in [-0.1, -0.05) is 19.1 Å². The van der Waals surface area contributed by atoms with Crippen molar-refractivity contribution >= 4 is 9.84 Å². The van der Waals surface area contributed by atoms with E-state index in [1.165, 1.54) is 6.26 Å². The van der Waals surface area contributed by atoms with Crippen molar-refractivity contribution in [3.63, 3.8) is 0 Å². The minimum absolute atomic E-state index is 0.163. The summed E-state index contributed by atoms with van der Waals surface area (Å²) < 4.78 is 28.5. The molecule has 2 aromatic rings. The van der Waals surface area contributed by atoms with Gasteiger partial charge in [-0.25, -0.2) is 8.42 Å². The van der Waals surface area contributed by atoms with Crippen LogP contribution >= 0.6 is 0 Å². The third-order valence-corrected chi connectivity index (χ3v) is 4.80. The van der Waals surface area contributed by atoms with E-state index in [-0.39, 0.29) is 6.04 Å². The van der Waals surface area contributed by atoms with Crippen LogP contribution in [-0.2, 0) is 22.7 Å². The fourth-order valence-electron chi connectivity index (χ4n) is 2.25. The van der Waals surface area contributed by atoms with Crippen molar-refractivity contribution in [3.05, 3.63) is 53.5 Å². The summed E-state index contributed by atoms with van der Waals surface area (Å²) in [5, 5.41) is 3.42. The largest absolute Gasteiger partial charge is 0.464 e. The second-order valence-electron chi connectivity index (χ2n) is 5.50. The molecule has 0 spiro atoms. The Morgan fingerprint density at radius 2 is 1.82 bits per heavy atom. The normalized spacial score (nSPS) is 13.2. The highest BCUT2D eigenvalue weighted by Gasteiger charge is 2.10. The van der Waals surface area contributed by atoms with Gasteiger partial charge in [-0.3, -0.25) is 0 Å². The lowest BCUT2D eigenvalue weighted by molar-refractivity contribution is 0.410. The average molecular weight is 321 g/mol. The maximum Gasteiger partial charge on any atom is 0.175 e. The van der Waals surface area contributed by atoms with E-state index in [2.05, 4.69) is 19.2 Å². The molecular weight excluding hydrogens is 298 g/mol. The van der Waals surface area contributed by atoms with Crippen LogP contribution in [0.2, 0.25) is 0 Å². The zero-order chi connectivity index (χ0) is 16.2. The third-order valence-electron chi connectivity index (χ3n) is 3.67. The smallest absolute Gasteiger partial charge is 0.175 e. The molecule has 1 unspecified atom stereocenters. The predicted molar refractivity (Wildman–Crippen MR) is 87.8 cm³/mol. The minimum Gasteiger partial charge on any atom is -0.464 e. The van der Waals surface area contributed by atoms with Crippen molar-refractivity contribution in [2.24, 2.45) is 0 Å². The first-order chi connectivity index (χ1) is 10.4. The topological polar surface area (TPSA) is 59.3 Å².